The van der Waals surface area contributed by atoms with Gasteiger partial charge in [0.15, 0.2) is 5.16 Å². The van der Waals surface area contributed by atoms with Crippen LogP contribution in [0.15, 0.2) is 15.7 Å². The van der Waals surface area contributed by atoms with Crippen molar-refractivity contribution in [3.8, 4) is 0 Å². The van der Waals surface area contributed by atoms with Gasteiger partial charge in [0.25, 0.3) is 0 Å². The van der Waals surface area contributed by atoms with E-state index in [4.69, 9.17) is 4.52 Å². The van der Waals surface area contributed by atoms with E-state index in [2.05, 4.69) is 39.1 Å². The number of hydrogen-bond acceptors (Lipinski definition) is 6. The summed E-state index contributed by atoms with van der Waals surface area (Å²) in [5.74, 6) is 3.56. The minimum atomic E-state index is 0.391. The van der Waals surface area contributed by atoms with Crippen LogP contribution in [0.1, 0.15) is 55.8 Å². The lowest BCUT2D eigenvalue weighted by Gasteiger charge is -2.21. The van der Waals surface area contributed by atoms with Gasteiger partial charge in [-0.2, -0.15) is 0 Å². The van der Waals surface area contributed by atoms with E-state index in [9.17, 15) is 0 Å². The summed E-state index contributed by atoms with van der Waals surface area (Å²) in [7, 11) is 2.05. The van der Waals surface area contributed by atoms with Crippen molar-refractivity contribution in [2.75, 3.05) is 13.1 Å². The zero-order valence-corrected chi connectivity index (χ0v) is 14.2. The third-order valence-electron chi connectivity index (χ3n) is 4.04. The molecule has 1 fully saturated rings. The maximum absolute atomic E-state index is 5.37. The molecule has 1 saturated heterocycles. The van der Waals surface area contributed by atoms with Crippen LogP contribution in [0.3, 0.4) is 0 Å². The summed E-state index contributed by atoms with van der Waals surface area (Å²) in [6, 6.07) is 2.03. The Balaban J connectivity index is 1.64. The van der Waals surface area contributed by atoms with Gasteiger partial charge in [-0.1, -0.05) is 30.8 Å². The summed E-state index contributed by atoms with van der Waals surface area (Å²) in [4.78, 5) is 0. The lowest BCUT2D eigenvalue weighted by atomic mass is 9.99. The topological polar surface area (TPSA) is 68.8 Å². The quantitative estimate of drug-likeness (QED) is 0.854. The van der Waals surface area contributed by atoms with Gasteiger partial charge in [0.2, 0.25) is 0 Å². The fraction of sp³-hybridized carbons (Fsp3) is 0.667. The first-order valence-electron chi connectivity index (χ1n) is 7.83. The van der Waals surface area contributed by atoms with Gasteiger partial charge in [0, 0.05) is 25.6 Å². The van der Waals surface area contributed by atoms with Crippen LogP contribution in [0.25, 0.3) is 0 Å². The molecule has 0 aliphatic carbocycles. The van der Waals surface area contributed by atoms with Crippen LogP contribution in [-0.2, 0) is 12.8 Å². The van der Waals surface area contributed by atoms with Crippen LogP contribution < -0.4 is 5.32 Å². The van der Waals surface area contributed by atoms with Crippen molar-refractivity contribution in [3.05, 3.63) is 23.3 Å². The summed E-state index contributed by atoms with van der Waals surface area (Å²) in [5, 5.41) is 17.2. The Kier molecular flexibility index (Phi) is 4.83. The number of piperidine rings is 1. The van der Waals surface area contributed by atoms with Crippen LogP contribution in [0.4, 0.5) is 0 Å². The van der Waals surface area contributed by atoms with Gasteiger partial charge >= 0.3 is 0 Å². The van der Waals surface area contributed by atoms with Crippen molar-refractivity contribution in [1.29, 1.82) is 0 Å². The molecule has 120 valence electrons. The molecule has 22 heavy (non-hydrogen) atoms. The SMILES string of the molecule is CC(C)c1cc(CSc2nnc([C@H]3CCCNC3)n2C)on1. The Morgan fingerprint density at radius 1 is 1.45 bits per heavy atom. The average Bonchev–Trinajstić information content (AvgIpc) is 3.13. The third kappa shape index (κ3) is 3.35. The molecule has 1 aliphatic heterocycles. The summed E-state index contributed by atoms with van der Waals surface area (Å²) in [6.07, 6.45) is 2.39. The third-order valence-corrected chi connectivity index (χ3v) is 5.09. The van der Waals surface area contributed by atoms with Crippen molar-refractivity contribution in [2.24, 2.45) is 7.05 Å². The van der Waals surface area contributed by atoms with E-state index in [0.717, 1.165) is 41.3 Å². The summed E-state index contributed by atoms with van der Waals surface area (Å²) >= 11 is 1.65. The summed E-state index contributed by atoms with van der Waals surface area (Å²) in [5.41, 5.74) is 1.00. The van der Waals surface area contributed by atoms with Crippen LogP contribution in [0.2, 0.25) is 0 Å². The van der Waals surface area contributed by atoms with E-state index in [1.54, 1.807) is 11.8 Å². The van der Waals surface area contributed by atoms with Gasteiger partial charge in [0.05, 0.1) is 11.4 Å². The second-order valence-corrected chi connectivity index (χ2v) is 7.05. The minimum Gasteiger partial charge on any atom is -0.360 e. The van der Waals surface area contributed by atoms with Crippen molar-refractivity contribution in [2.45, 2.75) is 49.4 Å². The Hall–Kier alpha value is -1.34. The molecular weight excluding hydrogens is 298 g/mol. The van der Waals surface area contributed by atoms with E-state index >= 15 is 0 Å². The lowest BCUT2D eigenvalue weighted by Crippen LogP contribution is -2.29. The number of rotatable bonds is 5. The van der Waals surface area contributed by atoms with Gasteiger partial charge in [-0.15, -0.1) is 10.2 Å². The molecule has 7 heteroatoms. The molecule has 2 aromatic heterocycles. The van der Waals surface area contributed by atoms with Gasteiger partial charge in [-0.25, -0.2) is 0 Å². The second-order valence-electron chi connectivity index (χ2n) is 6.10. The number of nitrogens with one attached hydrogen (secondary N) is 1. The maximum Gasteiger partial charge on any atom is 0.191 e. The maximum atomic E-state index is 5.37. The predicted molar refractivity (Wildman–Crippen MR) is 86.0 cm³/mol. The second kappa shape index (κ2) is 6.83. The Bertz CT molecular complexity index is 615. The molecule has 1 N–H and O–H groups in total. The van der Waals surface area contributed by atoms with Crippen LogP contribution >= 0.6 is 11.8 Å². The zero-order valence-electron chi connectivity index (χ0n) is 13.4. The highest BCUT2D eigenvalue weighted by Gasteiger charge is 2.22. The molecule has 3 heterocycles. The van der Waals surface area contributed by atoms with E-state index in [1.165, 1.54) is 12.8 Å². The van der Waals surface area contributed by atoms with Crippen molar-refractivity contribution >= 4 is 11.8 Å². The van der Waals surface area contributed by atoms with Gasteiger partial charge in [-0.3, -0.25) is 0 Å². The fourth-order valence-electron chi connectivity index (χ4n) is 2.68. The summed E-state index contributed by atoms with van der Waals surface area (Å²) in [6.45, 7) is 6.33. The van der Waals surface area contributed by atoms with E-state index in [1.807, 2.05) is 13.1 Å². The number of aromatic nitrogens is 4. The molecule has 1 atom stereocenters. The highest BCUT2D eigenvalue weighted by atomic mass is 32.2. The number of hydrogen-bond donors (Lipinski definition) is 1. The Morgan fingerprint density at radius 2 is 2.32 bits per heavy atom. The van der Waals surface area contributed by atoms with E-state index in [-0.39, 0.29) is 0 Å². The molecule has 0 aromatic carbocycles. The van der Waals surface area contributed by atoms with Gasteiger partial charge < -0.3 is 14.4 Å². The van der Waals surface area contributed by atoms with E-state index < -0.39 is 0 Å². The van der Waals surface area contributed by atoms with Crippen molar-refractivity contribution in [3.63, 3.8) is 0 Å². The normalized spacial score (nSPS) is 19.0. The monoisotopic (exact) mass is 321 g/mol. The molecule has 0 bridgehead atoms. The molecule has 1 aliphatic rings. The largest absolute Gasteiger partial charge is 0.360 e. The Morgan fingerprint density at radius 3 is 3.00 bits per heavy atom. The fourth-order valence-corrected chi connectivity index (χ4v) is 3.48. The van der Waals surface area contributed by atoms with Crippen molar-refractivity contribution < 1.29 is 4.52 Å². The number of nitrogens with zero attached hydrogens (tertiary/aromatic N) is 4. The molecule has 0 radical (unpaired) electrons. The van der Waals surface area contributed by atoms with E-state index in [0.29, 0.717) is 11.8 Å². The molecule has 0 spiro atoms. The molecule has 2 aromatic rings. The highest BCUT2D eigenvalue weighted by Crippen LogP contribution is 2.27. The number of thioether (sulfide) groups is 1. The molecule has 0 unspecified atom stereocenters. The van der Waals surface area contributed by atoms with Crippen LogP contribution in [0, 0.1) is 0 Å². The highest BCUT2D eigenvalue weighted by molar-refractivity contribution is 7.98. The average molecular weight is 321 g/mol. The molecule has 0 amide bonds. The standard InChI is InChI=1S/C15H23N5OS/c1-10(2)13-7-12(21-19-13)9-22-15-18-17-14(20(15)3)11-5-4-6-16-8-11/h7,10-11,16H,4-6,8-9H2,1-3H3/t11-/m0/s1. The molecular formula is C15H23N5OS. The first-order valence-corrected chi connectivity index (χ1v) is 8.82. The molecule has 3 rings (SSSR count). The Labute approximate surface area is 135 Å². The van der Waals surface area contributed by atoms with Crippen molar-refractivity contribution in [1.82, 2.24) is 25.2 Å². The summed E-state index contributed by atoms with van der Waals surface area (Å²) < 4.78 is 7.49. The predicted octanol–water partition coefficient (Wildman–Crippen LogP) is 2.69. The van der Waals surface area contributed by atoms with Crippen LogP contribution in [0.5, 0.6) is 0 Å². The smallest absolute Gasteiger partial charge is 0.191 e. The van der Waals surface area contributed by atoms with Gasteiger partial charge in [-0.05, 0) is 25.3 Å². The minimum absolute atomic E-state index is 0.391. The zero-order chi connectivity index (χ0) is 15.5. The first-order chi connectivity index (χ1) is 10.6. The van der Waals surface area contributed by atoms with Crippen LogP contribution in [-0.4, -0.2) is 33.0 Å². The molecule has 0 saturated carbocycles. The lowest BCUT2D eigenvalue weighted by molar-refractivity contribution is 0.385. The molecule has 6 nitrogen and oxygen atoms in total. The van der Waals surface area contributed by atoms with Gasteiger partial charge in [0.1, 0.15) is 11.6 Å². The first kappa shape index (κ1) is 15.6.